The van der Waals surface area contributed by atoms with Gasteiger partial charge >= 0.3 is 0 Å². The first kappa shape index (κ1) is 14.9. The maximum absolute atomic E-state index is 12.1. The van der Waals surface area contributed by atoms with E-state index in [1.807, 2.05) is 31.2 Å². The van der Waals surface area contributed by atoms with Crippen LogP contribution in [-0.4, -0.2) is 11.2 Å². The molecular weight excluding hydrogens is 318 g/mol. The molecule has 0 saturated heterocycles. The highest BCUT2D eigenvalue weighted by atomic mass is 79.9. The van der Waals surface area contributed by atoms with Crippen molar-refractivity contribution in [2.24, 2.45) is 0 Å². The van der Waals surface area contributed by atoms with Crippen molar-refractivity contribution in [2.75, 3.05) is 10.6 Å². The quantitative estimate of drug-likeness (QED) is 0.794. The van der Waals surface area contributed by atoms with E-state index in [2.05, 4.69) is 27.3 Å². The van der Waals surface area contributed by atoms with Gasteiger partial charge in [-0.2, -0.15) is 0 Å². The molecule has 0 fully saturated rings. The fourth-order valence-corrected chi connectivity index (χ4v) is 2.24. The molecule has 106 valence electrons. The monoisotopic (exact) mass is 335 g/mol. The molecule has 0 aliphatic heterocycles. The van der Waals surface area contributed by atoms with Crippen molar-refractivity contribution in [3.63, 3.8) is 0 Å². The SMILES string of the molecule is CCc1ccc(C(=O)Nc2cccc(CCCBr)c2)o1. The molecular formula is C16H18BrNO2. The highest BCUT2D eigenvalue weighted by Gasteiger charge is 2.10. The number of anilines is 1. The Morgan fingerprint density at radius 1 is 1.30 bits per heavy atom. The minimum absolute atomic E-state index is 0.206. The average Bonchev–Trinajstić information content (AvgIpc) is 2.94. The van der Waals surface area contributed by atoms with Gasteiger partial charge in [0.05, 0.1) is 0 Å². The Bertz CT molecular complexity index is 577. The first-order valence-electron chi connectivity index (χ1n) is 6.78. The number of aryl methyl sites for hydroxylation is 2. The third-order valence-corrected chi connectivity index (χ3v) is 3.58. The number of hydrogen-bond donors (Lipinski definition) is 1. The standard InChI is InChI=1S/C16H18BrNO2/c1-2-14-8-9-15(20-14)16(19)18-13-7-3-5-12(11-13)6-4-10-17/h3,5,7-9,11H,2,4,6,10H2,1H3,(H,18,19). The summed E-state index contributed by atoms with van der Waals surface area (Å²) in [4.78, 5) is 12.1. The van der Waals surface area contributed by atoms with Crippen LogP contribution in [0.2, 0.25) is 0 Å². The average molecular weight is 336 g/mol. The Labute approximate surface area is 127 Å². The van der Waals surface area contributed by atoms with Crippen LogP contribution in [0, 0.1) is 0 Å². The summed E-state index contributed by atoms with van der Waals surface area (Å²) < 4.78 is 5.44. The lowest BCUT2D eigenvalue weighted by atomic mass is 10.1. The Balaban J connectivity index is 2.03. The van der Waals surface area contributed by atoms with E-state index in [1.165, 1.54) is 5.56 Å². The van der Waals surface area contributed by atoms with Crippen molar-refractivity contribution in [1.82, 2.24) is 0 Å². The molecule has 0 aliphatic carbocycles. The lowest BCUT2D eigenvalue weighted by molar-refractivity contribution is 0.0995. The minimum Gasteiger partial charge on any atom is -0.456 e. The fraction of sp³-hybridized carbons (Fsp3) is 0.312. The zero-order valence-corrected chi connectivity index (χ0v) is 13.1. The van der Waals surface area contributed by atoms with Gasteiger partial charge in [-0.1, -0.05) is 35.0 Å². The van der Waals surface area contributed by atoms with Gasteiger partial charge in [0, 0.05) is 17.4 Å². The van der Waals surface area contributed by atoms with Crippen LogP contribution in [0.1, 0.15) is 35.2 Å². The summed E-state index contributed by atoms with van der Waals surface area (Å²) in [6.45, 7) is 1.99. The second-order valence-corrected chi connectivity index (χ2v) is 5.36. The fourth-order valence-electron chi connectivity index (χ4n) is 1.96. The molecule has 2 rings (SSSR count). The molecule has 0 radical (unpaired) electrons. The molecule has 0 saturated carbocycles. The second-order valence-electron chi connectivity index (χ2n) is 4.57. The number of amides is 1. The molecule has 2 aromatic rings. The normalized spacial score (nSPS) is 10.5. The maximum atomic E-state index is 12.1. The van der Waals surface area contributed by atoms with Crippen molar-refractivity contribution in [3.05, 3.63) is 53.5 Å². The molecule has 0 unspecified atom stereocenters. The molecule has 0 spiro atoms. The summed E-state index contributed by atoms with van der Waals surface area (Å²) in [5.74, 6) is 0.969. The molecule has 1 amide bonds. The van der Waals surface area contributed by atoms with Crippen LogP contribution in [0.3, 0.4) is 0 Å². The molecule has 3 nitrogen and oxygen atoms in total. The minimum atomic E-state index is -0.206. The third kappa shape index (κ3) is 3.97. The van der Waals surface area contributed by atoms with Gasteiger partial charge in [-0.25, -0.2) is 0 Å². The van der Waals surface area contributed by atoms with Gasteiger partial charge in [0.25, 0.3) is 5.91 Å². The number of carbonyl (C=O) groups excluding carboxylic acids is 1. The predicted molar refractivity (Wildman–Crippen MR) is 84.6 cm³/mol. The molecule has 0 bridgehead atoms. The van der Waals surface area contributed by atoms with Crippen molar-refractivity contribution in [1.29, 1.82) is 0 Å². The summed E-state index contributed by atoms with van der Waals surface area (Å²) in [5.41, 5.74) is 2.02. The summed E-state index contributed by atoms with van der Waals surface area (Å²) in [6.07, 6.45) is 2.86. The Kier molecular flexibility index (Phi) is 5.41. The van der Waals surface area contributed by atoms with E-state index in [0.717, 1.165) is 36.0 Å². The number of rotatable bonds is 6. The molecule has 1 N–H and O–H groups in total. The van der Waals surface area contributed by atoms with Crippen LogP contribution >= 0.6 is 15.9 Å². The number of nitrogens with one attached hydrogen (secondary N) is 1. The first-order chi connectivity index (χ1) is 9.72. The number of hydrogen-bond acceptors (Lipinski definition) is 2. The number of carbonyl (C=O) groups is 1. The van der Waals surface area contributed by atoms with E-state index >= 15 is 0 Å². The smallest absolute Gasteiger partial charge is 0.291 e. The van der Waals surface area contributed by atoms with E-state index < -0.39 is 0 Å². The van der Waals surface area contributed by atoms with Crippen LogP contribution in [0.25, 0.3) is 0 Å². The Morgan fingerprint density at radius 3 is 2.85 bits per heavy atom. The maximum Gasteiger partial charge on any atom is 0.291 e. The van der Waals surface area contributed by atoms with Crippen LogP contribution in [0.4, 0.5) is 5.69 Å². The molecule has 0 aliphatic rings. The van der Waals surface area contributed by atoms with Crippen LogP contribution < -0.4 is 5.32 Å². The highest BCUT2D eigenvalue weighted by molar-refractivity contribution is 9.09. The van der Waals surface area contributed by atoms with E-state index in [-0.39, 0.29) is 5.91 Å². The van der Waals surface area contributed by atoms with E-state index in [1.54, 1.807) is 6.07 Å². The molecule has 1 aromatic carbocycles. The van der Waals surface area contributed by atoms with Crippen molar-refractivity contribution >= 4 is 27.5 Å². The van der Waals surface area contributed by atoms with Gasteiger partial charge in [0.1, 0.15) is 5.76 Å². The number of alkyl halides is 1. The summed E-state index contributed by atoms with van der Waals surface area (Å²) in [7, 11) is 0. The lowest BCUT2D eigenvalue weighted by Gasteiger charge is -2.06. The number of benzene rings is 1. The Hall–Kier alpha value is -1.55. The van der Waals surface area contributed by atoms with Crippen molar-refractivity contribution in [2.45, 2.75) is 26.2 Å². The summed E-state index contributed by atoms with van der Waals surface area (Å²) in [6, 6.07) is 11.5. The van der Waals surface area contributed by atoms with E-state index in [0.29, 0.717) is 5.76 Å². The van der Waals surface area contributed by atoms with Gasteiger partial charge in [-0.15, -0.1) is 0 Å². The topological polar surface area (TPSA) is 42.2 Å². The summed E-state index contributed by atoms with van der Waals surface area (Å²) in [5, 5.41) is 3.85. The predicted octanol–water partition coefficient (Wildman–Crippen LogP) is 4.42. The van der Waals surface area contributed by atoms with Gasteiger partial charge in [0.2, 0.25) is 0 Å². The van der Waals surface area contributed by atoms with Gasteiger partial charge in [-0.05, 0) is 42.7 Å². The van der Waals surface area contributed by atoms with E-state index in [4.69, 9.17) is 4.42 Å². The zero-order chi connectivity index (χ0) is 14.4. The van der Waals surface area contributed by atoms with Crippen LogP contribution in [0.15, 0.2) is 40.8 Å². The van der Waals surface area contributed by atoms with Crippen LogP contribution in [0.5, 0.6) is 0 Å². The molecule has 4 heteroatoms. The van der Waals surface area contributed by atoms with Crippen molar-refractivity contribution in [3.8, 4) is 0 Å². The molecule has 1 heterocycles. The van der Waals surface area contributed by atoms with Gasteiger partial charge in [-0.3, -0.25) is 4.79 Å². The van der Waals surface area contributed by atoms with Crippen molar-refractivity contribution < 1.29 is 9.21 Å². The first-order valence-corrected chi connectivity index (χ1v) is 7.90. The lowest BCUT2D eigenvalue weighted by Crippen LogP contribution is -2.11. The Morgan fingerprint density at radius 2 is 2.15 bits per heavy atom. The molecule has 0 atom stereocenters. The molecule has 20 heavy (non-hydrogen) atoms. The van der Waals surface area contributed by atoms with Gasteiger partial charge in [0.15, 0.2) is 5.76 Å². The van der Waals surface area contributed by atoms with E-state index in [9.17, 15) is 4.79 Å². The van der Waals surface area contributed by atoms with Gasteiger partial charge < -0.3 is 9.73 Å². The third-order valence-electron chi connectivity index (χ3n) is 3.02. The highest BCUT2D eigenvalue weighted by Crippen LogP contribution is 2.15. The second kappa shape index (κ2) is 7.29. The largest absolute Gasteiger partial charge is 0.456 e. The number of furan rings is 1. The molecule has 1 aromatic heterocycles. The zero-order valence-electron chi connectivity index (χ0n) is 11.5. The van der Waals surface area contributed by atoms with Crippen LogP contribution in [-0.2, 0) is 12.8 Å². The number of halogens is 1. The summed E-state index contributed by atoms with van der Waals surface area (Å²) >= 11 is 3.42.